The minimum Gasteiger partial charge on any atom is -0.379 e. The van der Waals surface area contributed by atoms with Crippen molar-refractivity contribution < 1.29 is 30.6 Å². The maximum absolute atomic E-state index is 13.0. The van der Waals surface area contributed by atoms with E-state index >= 15 is 0 Å². The fourth-order valence-electron chi connectivity index (χ4n) is 3.45. The van der Waals surface area contributed by atoms with Crippen LogP contribution in [0.1, 0.15) is 30.5 Å². The van der Waals surface area contributed by atoms with Crippen molar-refractivity contribution in [3.63, 3.8) is 0 Å². The van der Waals surface area contributed by atoms with Gasteiger partial charge < -0.3 is 14.4 Å². The maximum atomic E-state index is 13.0. The highest BCUT2D eigenvalue weighted by atomic mass is 35.5. The number of halogens is 4. The van der Waals surface area contributed by atoms with Crippen LogP contribution < -0.4 is 9.50 Å². The third-order valence-electron chi connectivity index (χ3n) is 5.22. The number of hydrogen-bond donors (Lipinski definition) is 1. The number of amides is 2. The Balaban J connectivity index is 1.79. The van der Waals surface area contributed by atoms with E-state index in [9.17, 15) is 26.4 Å². The number of carbonyl (C=O) groups excluding carboxylic acids is 1. The SMILES string of the molecule is Cc1ccc(NC(=O)N(Cc2cccc(OS(=O)(=O)c3cccc(C(F)(F)F)c3)c2)CC(C)C)cc1Cl. The Bertz CT molecular complexity index is 1380. The molecule has 3 aromatic rings. The summed E-state index contributed by atoms with van der Waals surface area (Å²) < 4.78 is 69.4. The summed E-state index contributed by atoms with van der Waals surface area (Å²) in [4.78, 5) is 13.9. The molecule has 0 bridgehead atoms. The summed E-state index contributed by atoms with van der Waals surface area (Å²) in [5, 5.41) is 3.32. The van der Waals surface area contributed by atoms with Crippen LogP contribution in [-0.2, 0) is 22.8 Å². The smallest absolute Gasteiger partial charge is 0.379 e. The number of rotatable bonds is 8. The molecule has 0 atom stereocenters. The third kappa shape index (κ3) is 7.87. The fraction of sp³-hybridized carbons (Fsp3) is 0.269. The molecule has 0 fully saturated rings. The van der Waals surface area contributed by atoms with Crippen LogP contribution in [0.15, 0.2) is 71.6 Å². The first-order chi connectivity index (χ1) is 17.2. The van der Waals surface area contributed by atoms with Crippen molar-refractivity contribution in [2.45, 2.75) is 38.4 Å². The van der Waals surface area contributed by atoms with Crippen LogP contribution in [0, 0.1) is 12.8 Å². The van der Waals surface area contributed by atoms with Gasteiger partial charge in [0.15, 0.2) is 0 Å². The van der Waals surface area contributed by atoms with Gasteiger partial charge in [-0.1, -0.05) is 49.7 Å². The Morgan fingerprint density at radius 2 is 1.76 bits per heavy atom. The monoisotopic (exact) mass is 554 g/mol. The van der Waals surface area contributed by atoms with Gasteiger partial charge in [-0.25, -0.2) is 4.79 Å². The van der Waals surface area contributed by atoms with Gasteiger partial charge >= 0.3 is 22.3 Å². The van der Waals surface area contributed by atoms with Gasteiger partial charge in [0.2, 0.25) is 0 Å². The van der Waals surface area contributed by atoms with Gasteiger partial charge in [0.1, 0.15) is 10.6 Å². The van der Waals surface area contributed by atoms with Crippen molar-refractivity contribution in [2.24, 2.45) is 5.92 Å². The van der Waals surface area contributed by atoms with Crippen LogP contribution in [-0.4, -0.2) is 25.9 Å². The van der Waals surface area contributed by atoms with Crippen molar-refractivity contribution in [1.29, 1.82) is 0 Å². The Hall–Kier alpha value is -3.24. The van der Waals surface area contributed by atoms with Crippen LogP contribution in [0.25, 0.3) is 0 Å². The lowest BCUT2D eigenvalue weighted by Crippen LogP contribution is -2.37. The molecular formula is C26H26ClF3N2O4S. The van der Waals surface area contributed by atoms with Crippen molar-refractivity contribution in [3.05, 3.63) is 88.4 Å². The first-order valence-electron chi connectivity index (χ1n) is 11.3. The first-order valence-corrected chi connectivity index (χ1v) is 13.1. The van der Waals surface area contributed by atoms with Gasteiger partial charge in [0.05, 0.1) is 5.56 Å². The molecule has 37 heavy (non-hydrogen) atoms. The highest BCUT2D eigenvalue weighted by Crippen LogP contribution is 2.31. The molecule has 0 saturated carbocycles. The van der Waals surface area contributed by atoms with Gasteiger partial charge in [-0.2, -0.15) is 21.6 Å². The van der Waals surface area contributed by atoms with Gasteiger partial charge in [0.25, 0.3) is 0 Å². The molecule has 6 nitrogen and oxygen atoms in total. The van der Waals surface area contributed by atoms with E-state index in [-0.39, 0.29) is 24.2 Å². The lowest BCUT2D eigenvalue weighted by Gasteiger charge is -2.25. The molecule has 0 aliphatic carbocycles. The molecule has 0 aliphatic rings. The van der Waals surface area contributed by atoms with E-state index in [4.69, 9.17) is 15.8 Å². The van der Waals surface area contributed by atoms with E-state index in [1.54, 1.807) is 29.2 Å². The number of alkyl halides is 3. The van der Waals surface area contributed by atoms with E-state index < -0.39 is 26.8 Å². The topological polar surface area (TPSA) is 75.7 Å². The number of aryl methyl sites for hydroxylation is 1. The molecule has 0 saturated heterocycles. The molecule has 3 aromatic carbocycles. The van der Waals surface area contributed by atoms with Crippen LogP contribution in [0.2, 0.25) is 5.02 Å². The number of hydrogen-bond acceptors (Lipinski definition) is 4. The standard InChI is InChI=1S/C26H26ClF3N2O4S/c1-17(2)15-32(25(33)31-21-11-10-18(3)24(27)14-21)16-19-6-4-8-22(12-19)36-37(34,35)23-9-5-7-20(13-23)26(28,29)30/h4-14,17H,15-16H2,1-3H3,(H,31,33). The summed E-state index contributed by atoms with van der Waals surface area (Å²) in [5.74, 6) is 0.0400. The van der Waals surface area contributed by atoms with E-state index in [1.807, 2.05) is 20.8 Å². The summed E-state index contributed by atoms with van der Waals surface area (Å²) in [6, 6.07) is 14.1. The van der Waals surface area contributed by atoms with Gasteiger partial charge in [0, 0.05) is 23.8 Å². The zero-order valence-electron chi connectivity index (χ0n) is 20.3. The Kier molecular flexibility index (Phi) is 8.76. The molecule has 198 valence electrons. The van der Waals surface area contributed by atoms with Crippen molar-refractivity contribution in [2.75, 3.05) is 11.9 Å². The third-order valence-corrected chi connectivity index (χ3v) is 6.87. The van der Waals surface area contributed by atoms with Gasteiger partial charge in [-0.05, 0) is 66.4 Å². The van der Waals surface area contributed by atoms with Crippen molar-refractivity contribution >= 4 is 33.4 Å². The fourth-order valence-corrected chi connectivity index (χ4v) is 4.60. The predicted octanol–water partition coefficient (Wildman–Crippen LogP) is 7.13. The number of benzene rings is 3. The van der Waals surface area contributed by atoms with Crippen molar-refractivity contribution in [1.82, 2.24) is 4.90 Å². The van der Waals surface area contributed by atoms with Crippen molar-refractivity contribution in [3.8, 4) is 5.75 Å². The Morgan fingerprint density at radius 1 is 1.05 bits per heavy atom. The second-order valence-electron chi connectivity index (χ2n) is 8.88. The molecule has 11 heteroatoms. The van der Waals surface area contributed by atoms with E-state index in [0.717, 1.165) is 23.8 Å². The molecule has 0 aliphatic heterocycles. The summed E-state index contributed by atoms with van der Waals surface area (Å²) in [6.45, 7) is 6.28. The van der Waals surface area contributed by atoms with Crippen LogP contribution in [0.4, 0.5) is 23.7 Å². The number of urea groups is 1. The Labute approximate surface area is 219 Å². The highest BCUT2D eigenvalue weighted by Gasteiger charge is 2.32. The first kappa shape index (κ1) is 28.3. The molecular weight excluding hydrogens is 529 g/mol. The molecule has 2 amide bonds. The van der Waals surface area contributed by atoms with Crippen LogP contribution in [0.5, 0.6) is 5.75 Å². The highest BCUT2D eigenvalue weighted by molar-refractivity contribution is 7.87. The zero-order chi connectivity index (χ0) is 27.4. The minimum absolute atomic E-state index is 0.0925. The van der Waals surface area contributed by atoms with E-state index in [0.29, 0.717) is 28.9 Å². The van der Waals surface area contributed by atoms with Crippen LogP contribution in [0.3, 0.4) is 0 Å². The molecule has 1 N–H and O–H groups in total. The molecule has 0 unspecified atom stereocenters. The number of nitrogens with one attached hydrogen (secondary N) is 1. The molecule has 3 rings (SSSR count). The zero-order valence-corrected chi connectivity index (χ0v) is 21.9. The van der Waals surface area contributed by atoms with E-state index in [1.165, 1.54) is 18.2 Å². The molecule has 0 radical (unpaired) electrons. The summed E-state index contributed by atoms with van der Waals surface area (Å²) in [5.41, 5.74) is 0.861. The summed E-state index contributed by atoms with van der Waals surface area (Å²) in [6.07, 6.45) is -4.70. The predicted molar refractivity (Wildman–Crippen MR) is 136 cm³/mol. The second-order valence-corrected chi connectivity index (χ2v) is 10.8. The normalized spacial score (nSPS) is 11.9. The average molecular weight is 555 g/mol. The lowest BCUT2D eigenvalue weighted by atomic mass is 10.1. The Morgan fingerprint density at radius 3 is 2.41 bits per heavy atom. The van der Waals surface area contributed by atoms with E-state index in [2.05, 4.69) is 5.32 Å². The molecule has 0 spiro atoms. The summed E-state index contributed by atoms with van der Waals surface area (Å²) in [7, 11) is -4.53. The second kappa shape index (κ2) is 11.4. The maximum Gasteiger partial charge on any atom is 0.416 e. The summed E-state index contributed by atoms with van der Waals surface area (Å²) >= 11 is 6.15. The largest absolute Gasteiger partial charge is 0.416 e. The van der Waals surface area contributed by atoms with Gasteiger partial charge in [-0.3, -0.25) is 0 Å². The molecule has 0 heterocycles. The number of anilines is 1. The number of nitrogens with zero attached hydrogens (tertiary/aromatic N) is 1. The van der Waals surface area contributed by atoms with Crippen LogP contribution >= 0.6 is 11.6 Å². The minimum atomic E-state index is -4.70. The average Bonchev–Trinajstić information content (AvgIpc) is 2.80. The number of carbonyl (C=O) groups is 1. The lowest BCUT2D eigenvalue weighted by molar-refractivity contribution is -0.137. The van der Waals surface area contributed by atoms with Gasteiger partial charge in [-0.15, -0.1) is 0 Å². The quantitative estimate of drug-likeness (QED) is 0.301. The molecule has 0 aromatic heterocycles.